The molecule has 2 atom stereocenters. The van der Waals surface area contributed by atoms with E-state index in [9.17, 15) is 27.9 Å². The fourth-order valence-electron chi connectivity index (χ4n) is 4.34. The summed E-state index contributed by atoms with van der Waals surface area (Å²) in [7, 11) is 3.21. The second-order valence-corrected chi connectivity index (χ2v) is 8.79. The first kappa shape index (κ1) is 26.0. The van der Waals surface area contributed by atoms with Gasteiger partial charge in [-0.1, -0.05) is 12.1 Å². The molecule has 3 heterocycles. The Kier molecular flexibility index (Phi) is 7.41. The molecule has 1 fully saturated rings. The number of hydrogen-bond donors (Lipinski definition) is 1. The quantitative estimate of drug-likeness (QED) is 0.458. The van der Waals surface area contributed by atoms with Crippen molar-refractivity contribution in [2.45, 2.75) is 44.1 Å². The number of halogens is 3. The van der Waals surface area contributed by atoms with E-state index in [2.05, 4.69) is 10.2 Å². The van der Waals surface area contributed by atoms with Crippen LogP contribution in [0.5, 0.6) is 11.5 Å². The number of nitrogens with zero attached hydrogens (tertiary/aromatic N) is 5. The van der Waals surface area contributed by atoms with E-state index in [0.29, 0.717) is 23.5 Å². The number of alkyl halides is 3. The van der Waals surface area contributed by atoms with Gasteiger partial charge >= 0.3 is 12.1 Å². The second kappa shape index (κ2) is 10.5. The number of methoxy groups -OCH3 is 1. The van der Waals surface area contributed by atoms with Crippen molar-refractivity contribution in [2.75, 3.05) is 18.6 Å². The van der Waals surface area contributed by atoms with Crippen molar-refractivity contribution in [3.8, 4) is 11.5 Å². The first-order chi connectivity index (χ1) is 17.5. The fraction of sp³-hybridized carbons (Fsp3) is 0.417. The fourth-order valence-corrected chi connectivity index (χ4v) is 4.34. The maximum Gasteiger partial charge on any atom is 0.421 e. The molecule has 0 unspecified atom stereocenters. The highest BCUT2D eigenvalue weighted by Gasteiger charge is 2.39. The van der Waals surface area contributed by atoms with E-state index in [1.54, 1.807) is 47.1 Å². The molecule has 1 aromatic carbocycles. The van der Waals surface area contributed by atoms with E-state index in [0.717, 1.165) is 10.7 Å². The lowest BCUT2D eigenvalue weighted by atomic mass is 10.1. The van der Waals surface area contributed by atoms with Gasteiger partial charge in [0.25, 0.3) is 5.56 Å². The number of aromatic nitrogens is 4. The van der Waals surface area contributed by atoms with Crippen molar-refractivity contribution in [3.63, 3.8) is 0 Å². The van der Waals surface area contributed by atoms with Crippen molar-refractivity contribution in [2.24, 2.45) is 7.05 Å². The zero-order valence-electron chi connectivity index (χ0n) is 20.2. The minimum Gasteiger partial charge on any atom is -0.497 e. The maximum absolute atomic E-state index is 13.9. The molecular weight excluding hydrogens is 495 g/mol. The number of carbonyl (C=O) groups is 1. The van der Waals surface area contributed by atoms with Crippen LogP contribution < -0.4 is 19.9 Å². The van der Waals surface area contributed by atoms with Crippen LogP contribution in [0.4, 0.5) is 19.0 Å². The highest BCUT2D eigenvalue weighted by Crippen LogP contribution is 2.33. The second-order valence-electron chi connectivity index (χ2n) is 8.79. The summed E-state index contributed by atoms with van der Waals surface area (Å²) in [5.41, 5.74) is -2.06. The Hall–Kier alpha value is -4.03. The van der Waals surface area contributed by atoms with Gasteiger partial charge in [-0.05, 0) is 24.1 Å². The third kappa shape index (κ3) is 6.22. The number of anilines is 1. The van der Waals surface area contributed by atoms with E-state index in [4.69, 9.17) is 9.47 Å². The lowest BCUT2D eigenvalue weighted by Crippen LogP contribution is -2.37. The summed E-state index contributed by atoms with van der Waals surface area (Å²) in [5, 5.41) is 17.5. The van der Waals surface area contributed by atoms with Gasteiger partial charge in [0.15, 0.2) is 5.75 Å². The minimum absolute atomic E-state index is 0.0758. The lowest BCUT2D eigenvalue weighted by molar-refractivity contribution is -0.139. The van der Waals surface area contributed by atoms with E-state index >= 15 is 0 Å². The molecule has 0 bridgehead atoms. The molecule has 0 radical (unpaired) electrons. The highest BCUT2D eigenvalue weighted by molar-refractivity contribution is 5.66. The smallest absolute Gasteiger partial charge is 0.421 e. The molecule has 13 heteroatoms. The molecule has 0 saturated carbocycles. The Morgan fingerprint density at radius 1 is 1.22 bits per heavy atom. The van der Waals surface area contributed by atoms with Gasteiger partial charge < -0.3 is 19.5 Å². The lowest BCUT2D eigenvalue weighted by Gasteiger charge is -2.26. The van der Waals surface area contributed by atoms with Crippen molar-refractivity contribution in [1.82, 2.24) is 19.6 Å². The monoisotopic (exact) mass is 521 g/mol. The number of carboxylic acids is 1. The molecule has 4 rings (SSSR count). The summed E-state index contributed by atoms with van der Waals surface area (Å²) in [4.78, 5) is 25.6. The molecule has 1 saturated heterocycles. The van der Waals surface area contributed by atoms with E-state index in [-0.39, 0.29) is 31.7 Å². The number of aryl methyl sites for hydroxylation is 1. The summed E-state index contributed by atoms with van der Waals surface area (Å²) in [6.07, 6.45) is -1.82. The van der Waals surface area contributed by atoms with Crippen molar-refractivity contribution in [1.29, 1.82) is 0 Å². The largest absolute Gasteiger partial charge is 0.497 e. The number of carboxylic acid groups (broad SMARTS) is 1. The topological polar surface area (TPSA) is 112 Å². The molecule has 198 valence electrons. The maximum atomic E-state index is 13.9. The number of ether oxygens (including phenoxy) is 2. The van der Waals surface area contributed by atoms with E-state index in [1.807, 2.05) is 0 Å². The van der Waals surface area contributed by atoms with Crippen molar-refractivity contribution >= 4 is 11.8 Å². The standard InChI is InChI=1S/C24H26F3N5O5/c1-30-13-19(11-28-30)37-18-9-16(5-8-22(33)34)31(14-18)21-10-20(24(25,26)27)23(35)32(29-21)12-15-3-6-17(36-2)7-4-15/h3-4,6-7,10-11,13,16,18H,5,8-9,12,14H2,1-2H3,(H,33,34)/t16-,18-/m1/s1. The number of hydrogen-bond acceptors (Lipinski definition) is 7. The predicted molar refractivity (Wildman–Crippen MR) is 126 cm³/mol. The third-order valence-corrected chi connectivity index (χ3v) is 6.10. The molecule has 3 aromatic rings. The Balaban J connectivity index is 1.69. The zero-order chi connectivity index (χ0) is 26.7. The van der Waals surface area contributed by atoms with Crippen LogP contribution in [0.15, 0.2) is 47.5 Å². The summed E-state index contributed by atoms with van der Waals surface area (Å²) >= 11 is 0. The van der Waals surface area contributed by atoms with Crippen molar-refractivity contribution < 1.29 is 32.5 Å². The molecule has 0 spiro atoms. The Morgan fingerprint density at radius 3 is 2.54 bits per heavy atom. The molecule has 0 aliphatic carbocycles. The van der Waals surface area contributed by atoms with Gasteiger partial charge in [-0.2, -0.15) is 23.4 Å². The van der Waals surface area contributed by atoms with E-state index in [1.165, 1.54) is 13.3 Å². The van der Waals surface area contributed by atoms with Crippen LogP contribution in [0.25, 0.3) is 0 Å². The number of benzene rings is 1. The first-order valence-electron chi connectivity index (χ1n) is 11.5. The SMILES string of the molecule is COc1ccc(Cn2nc(N3C[C@H](Oc4cnn(C)c4)C[C@H]3CCC(=O)O)cc(C(F)(F)F)c2=O)cc1. The van der Waals surface area contributed by atoms with Crippen LogP contribution in [0, 0.1) is 0 Å². The van der Waals surface area contributed by atoms with Crippen LogP contribution in [0.1, 0.15) is 30.4 Å². The molecule has 2 aromatic heterocycles. The minimum atomic E-state index is -4.90. The molecule has 37 heavy (non-hydrogen) atoms. The highest BCUT2D eigenvalue weighted by atomic mass is 19.4. The van der Waals surface area contributed by atoms with Gasteiger partial charge in [-0.25, -0.2) is 4.68 Å². The molecule has 0 amide bonds. The molecule has 1 aliphatic heterocycles. The normalized spacial score (nSPS) is 17.7. The Morgan fingerprint density at radius 2 is 1.95 bits per heavy atom. The van der Waals surface area contributed by atoms with Gasteiger partial charge in [0.05, 0.1) is 32.6 Å². The van der Waals surface area contributed by atoms with E-state index < -0.39 is 35.4 Å². The number of rotatable bonds is 9. The molecular formula is C24H26F3N5O5. The summed E-state index contributed by atoms with van der Waals surface area (Å²) in [5.74, 6) is -0.0513. The van der Waals surface area contributed by atoms with Gasteiger partial charge in [-0.15, -0.1) is 0 Å². The summed E-state index contributed by atoms with van der Waals surface area (Å²) in [6.45, 7) is -0.0345. The van der Waals surface area contributed by atoms with Crippen LogP contribution in [0.3, 0.4) is 0 Å². The Bertz CT molecular complexity index is 1310. The van der Waals surface area contributed by atoms with Crippen molar-refractivity contribution in [3.05, 3.63) is 64.2 Å². The van der Waals surface area contributed by atoms with Crippen LogP contribution in [0.2, 0.25) is 0 Å². The third-order valence-electron chi connectivity index (χ3n) is 6.10. The molecule has 1 N–H and O–H groups in total. The van der Waals surface area contributed by atoms with Gasteiger partial charge in [0.2, 0.25) is 0 Å². The summed E-state index contributed by atoms with van der Waals surface area (Å²) < 4.78 is 55.0. The first-order valence-corrected chi connectivity index (χ1v) is 11.5. The average molecular weight is 521 g/mol. The average Bonchev–Trinajstić information content (AvgIpc) is 3.44. The predicted octanol–water partition coefficient (Wildman–Crippen LogP) is 2.94. The summed E-state index contributed by atoms with van der Waals surface area (Å²) in [6, 6.07) is 6.81. The van der Waals surface area contributed by atoms with Crippen LogP contribution >= 0.6 is 0 Å². The van der Waals surface area contributed by atoms with Gasteiger partial charge in [-0.3, -0.25) is 14.3 Å². The zero-order valence-corrected chi connectivity index (χ0v) is 20.2. The molecule has 10 nitrogen and oxygen atoms in total. The Labute approximate surface area is 209 Å². The molecule has 1 aliphatic rings. The van der Waals surface area contributed by atoms with Crippen LogP contribution in [-0.2, 0) is 24.6 Å². The number of aliphatic carboxylic acids is 1. The van der Waals surface area contributed by atoms with Gasteiger partial charge in [0.1, 0.15) is 23.2 Å². The van der Waals surface area contributed by atoms with Crippen LogP contribution in [-0.4, -0.2) is 56.4 Å². The van der Waals surface area contributed by atoms with Gasteiger partial charge in [0, 0.05) is 32.0 Å².